The summed E-state index contributed by atoms with van der Waals surface area (Å²) >= 11 is 0. The lowest BCUT2D eigenvalue weighted by Gasteiger charge is -1.96. The van der Waals surface area contributed by atoms with E-state index in [1.54, 1.807) is 6.08 Å². The Bertz CT molecular complexity index is 338. The highest BCUT2D eigenvalue weighted by Crippen LogP contribution is 2.12. The lowest BCUT2D eigenvalue weighted by molar-refractivity contribution is 1.52. The topological polar surface area (TPSA) is 23.8 Å². The van der Waals surface area contributed by atoms with Crippen molar-refractivity contribution in [2.75, 3.05) is 0 Å². The van der Waals surface area contributed by atoms with Crippen LogP contribution < -0.4 is 0 Å². The zero-order valence-electron chi connectivity index (χ0n) is 6.75. The van der Waals surface area contributed by atoms with Crippen molar-refractivity contribution >= 4 is 11.6 Å². The van der Waals surface area contributed by atoms with Gasteiger partial charge in [-0.3, -0.25) is 0 Å². The molecule has 0 saturated carbocycles. The van der Waals surface area contributed by atoms with Gasteiger partial charge < -0.3 is 0 Å². The molecule has 12 heavy (non-hydrogen) atoms. The molecule has 0 N–H and O–H groups in total. The maximum absolute atomic E-state index is 8.55. The first-order chi connectivity index (χ1) is 5.77. The van der Waals surface area contributed by atoms with Gasteiger partial charge in [0, 0.05) is 0 Å². The molecule has 1 heteroatoms. The van der Waals surface area contributed by atoms with Crippen LogP contribution in [0.4, 0.5) is 0 Å². The Morgan fingerprint density at radius 2 is 1.92 bits per heavy atom. The normalized spacial score (nSPS) is 8.58. The van der Waals surface area contributed by atoms with Crippen LogP contribution in [0.3, 0.4) is 0 Å². The monoisotopic (exact) mass is 155 g/mol. The molecule has 1 rings (SSSR count). The molecule has 0 amide bonds. The van der Waals surface area contributed by atoms with Crippen molar-refractivity contribution in [2.45, 2.75) is 0 Å². The zero-order valence-corrected chi connectivity index (χ0v) is 6.75. The first-order valence-corrected chi connectivity index (χ1v) is 3.60. The van der Waals surface area contributed by atoms with Crippen LogP contribution in [-0.4, -0.2) is 0 Å². The lowest BCUT2D eigenvalue weighted by Crippen LogP contribution is -1.78. The second-order valence-corrected chi connectivity index (χ2v) is 2.42. The SMILES string of the molecule is C=Cc1ccc(C(=C)C#N)cc1. The van der Waals surface area contributed by atoms with Crippen LogP contribution in [-0.2, 0) is 0 Å². The summed E-state index contributed by atoms with van der Waals surface area (Å²) in [5.41, 5.74) is 2.40. The molecular weight excluding hydrogens is 146 g/mol. The Balaban J connectivity index is 3.01. The van der Waals surface area contributed by atoms with E-state index in [2.05, 4.69) is 13.2 Å². The molecule has 1 nitrogen and oxygen atoms in total. The number of nitrogens with zero attached hydrogens (tertiary/aromatic N) is 1. The van der Waals surface area contributed by atoms with Crippen LogP contribution in [0.25, 0.3) is 11.6 Å². The smallest absolute Gasteiger partial charge is 0.0991 e. The Morgan fingerprint density at radius 1 is 1.33 bits per heavy atom. The highest BCUT2D eigenvalue weighted by atomic mass is 14.2. The maximum Gasteiger partial charge on any atom is 0.0991 e. The van der Waals surface area contributed by atoms with Crippen LogP contribution >= 0.6 is 0 Å². The highest BCUT2D eigenvalue weighted by Gasteiger charge is 1.94. The summed E-state index contributed by atoms with van der Waals surface area (Å²) in [6.45, 7) is 7.25. The summed E-state index contributed by atoms with van der Waals surface area (Å²) < 4.78 is 0. The molecule has 0 fully saturated rings. The van der Waals surface area contributed by atoms with Gasteiger partial charge in [0.05, 0.1) is 11.6 Å². The predicted octanol–water partition coefficient (Wildman–Crippen LogP) is 2.87. The molecule has 0 aliphatic rings. The average molecular weight is 155 g/mol. The zero-order chi connectivity index (χ0) is 8.97. The van der Waals surface area contributed by atoms with E-state index in [9.17, 15) is 0 Å². The molecular formula is C11H9N. The minimum absolute atomic E-state index is 0.491. The van der Waals surface area contributed by atoms with Crippen LogP contribution in [0, 0.1) is 11.3 Å². The standard InChI is InChI=1S/C11H9N/c1-3-10-4-6-11(7-5-10)9(2)8-12/h3-7H,1-2H2. The van der Waals surface area contributed by atoms with Crippen LogP contribution in [0.2, 0.25) is 0 Å². The van der Waals surface area contributed by atoms with Gasteiger partial charge >= 0.3 is 0 Å². The van der Waals surface area contributed by atoms with Gasteiger partial charge in [0.1, 0.15) is 0 Å². The van der Waals surface area contributed by atoms with Gasteiger partial charge in [0.25, 0.3) is 0 Å². The van der Waals surface area contributed by atoms with Crippen LogP contribution in [0.1, 0.15) is 11.1 Å². The number of hydrogen-bond donors (Lipinski definition) is 0. The van der Waals surface area contributed by atoms with Crippen molar-refractivity contribution in [2.24, 2.45) is 0 Å². The predicted molar refractivity (Wildman–Crippen MR) is 51.2 cm³/mol. The van der Waals surface area contributed by atoms with Crippen molar-refractivity contribution in [1.82, 2.24) is 0 Å². The number of rotatable bonds is 2. The number of benzene rings is 1. The van der Waals surface area contributed by atoms with E-state index < -0.39 is 0 Å². The molecule has 0 bridgehead atoms. The van der Waals surface area contributed by atoms with Gasteiger partial charge in [0.15, 0.2) is 0 Å². The third kappa shape index (κ3) is 1.62. The quantitative estimate of drug-likeness (QED) is 0.602. The fraction of sp³-hybridized carbons (Fsp3) is 0. The molecule has 0 aliphatic heterocycles. The summed E-state index contributed by atoms with van der Waals surface area (Å²) in [4.78, 5) is 0. The fourth-order valence-electron chi connectivity index (χ4n) is 0.885. The van der Waals surface area contributed by atoms with Crippen molar-refractivity contribution in [1.29, 1.82) is 5.26 Å². The third-order valence-electron chi connectivity index (χ3n) is 1.63. The average Bonchev–Trinajstić information content (AvgIpc) is 2.17. The van der Waals surface area contributed by atoms with Gasteiger partial charge in [0.2, 0.25) is 0 Å². The van der Waals surface area contributed by atoms with E-state index in [-0.39, 0.29) is 0 Å². The molecule has 0 heterocycles. The number of allylic oxidation sites excluding steroid dienone is 1. The largest absolute Gasteiger partial charge is 0.192 e. The summed E-state index contributed by atoms with van der Waals surface area (Å²) in [7, 11) is 0. The first kappa shape index (κ1) is 8.29. The Labute approximate surface area is 72.3 Å². The molecule has 1 aromatic rings. The van der Waals surface area contributed by atoms with Gasteiger partial charge in [-0.15, -0.1) is 0 Å². The number of nitriles is 1. The maximum atomic E-state index is 8.55. The van der Waals surface area contributed by atoms with E-state index in [1.807, 2.05) is 30.3 Å². The molecule has 0 saturated heterocycles. The molecule has 0 aliphatic carbocycles. The third-order valence-corrected chi connectivity index (χ3v) is 1.63. The molecule has 0 unspecified atom stereocenters. The fourth-order valence-corrected chi connectivity index (χ4v) is 0.885. The Kier molecular flexibility index (Phi) is 2.45. The second-order valence-electron chi connectivity index (χ2n) is 2.42. The molecule has 0 aromatic heterocycles. The van der Waals surface area contributed by atoms with E-state index >= 15 is 0 Å². The number of hydrogen-bond acceptors (Lipinski definition) is 1. The van der Waals surface area contributed by atoms with Crippen molar-refractivity contribution in [3.63, 3.8) is 0 Å². The first-order valence-electron chi connectivity index (χ1n) is 3.60. The summed E-state index contributed by atoms with van der Waals surface area (Å²) in [6, 6.07) is 9.54. The Morgan fingerprint density at radius 3 is 2.33 bits per heavy atom. The van der Waals surface area contributed by atoms with Gasteiger partial charge in [-0.1, -0.05) is 43.5 Å². The van der Waals surface area contributed by atoms with Crippen LogP contribution in [0.15, 0.2) is 37.4 Å². The van der Waals surface area contributed by atoms with Gasteiger partial charge in [-0.05, 0) is 11.1 Å². The molecule has 0 atom stereocenters. The van der Waals surface area contributed by atoms with E-state index in [0.29, 0.717) is 5.57 Å². The van der Waals surface area contributed by atoms with E-state index in [0.717, 1.165) is 11.1 Å². The minimum atomic E-state index is 0.491. The van der Waals surface area contributed by atoms with Gasteiger partial charge in [-0.25, -0.2) is 0 Å². The molecule has 0 spiro atoms. The van der Waals surface area contributed by atoms with Crippen molar-refractivity contribution in [3.8, 4) is 6.07 Å². The summed E-state index contributed by atoms with van der Waals surface area (Å²) in [6.07, 6.45) is 1.76. The minimum Gasteiger partial charge on any atom is -0.192 e. The van der Waals surface area contributed by atoms with E-state index in [1.165, 1.54) is 0 Å². The van der Waals surface area contributed by atoms with E-state index in [4.69, 9.17) is 5.26 Å². The summed E-state index contributed by atoms with van der Waals surface area (Å²) in [5.74, 6) is 0. The van der Waals surface area contributed by atoms with Crippen LogP contribution in [0.5, 0.6) is 0 Å². The highest BCUT2D eigenvalue weighted by molar-refractivity contribution is 5.75. The van der Waals surface area contributed by atoms with Gasteiger partial charge in [-0.2, -0.15) is 5.26 Å². The van der Waals surface area contributed by atoms with Crippen molar-refractivity contribution < 1.29 is 0 Å². The molecule has 0 radical (unpaired) electrons. The van der Waals surface area contributed by atoms with Crippen molar-refractivity contribution in [3.05, 3.63) is 48.6 Å². The molecule has 58 valence electrons. The molecule has 1 aromatic carbocycles. The second kappa shape index (κ2) is 3.54. The lowest BCUT2D eigenvalue weighted by atomic mass is 10.1. The Hall–Kier alpha value is -1.81. The summed E-state index contributed by atoms with van der Waals surface area (Å²) in [5, 5.41) is 8.55.